The van der Waals surface area contributed by atoms with E-state index in [2.05, 4.69) is 6.92 Å². The number of aromatic carboxylic acids is 2. The molecule has 0 unspecified atom stereocenters. The second-order valence-electron chi connectivity index (χ2n) is 19.5. The van der Waals surface area contributed by atoms with Crippen molar-refractivity contribution in [2.45, 2.75) is 214 Å². The highest BCUT2D eigenvalue weighted by molar-refractivity contribution is 5.92. The molecule has 0 atom stereocenters. The standard InChI is InChI=1S/C18H36O2.2C15H22O3.2Al/c1-2-3-4-5-6-7-8-9-10-11-12-13-14-15-16-17-18(19)20;2*1-14(2,3)9-7-10(13(17)18)12(16)11(8-9)15(4,5)6;;/h2-17H2,1H3,(H,19,20);2*7-8,16H,1-6H3,(H,17,18);;. The molecule has 0 bridgehead atoms. The smallest absolute Gasteiger partial charge is 0.339 e. The van der Waals surface area contributed by atoms with E-state index in [0.29, 0.717) is 17.5 Å². The Bertz CT molecular complexity index is 1410. The van der Waals surface area contributed by atoms with Gasteiger partial charge in [0, 0.05) is 52.3 Å². The van der Waals surface area contributed by atoms with Gasteiger partial charge in [-0.1, -0.05) is 192 Å². The molecule has 0 saturated heterocycles. The molecule has 0 spiro atoms. The lowest BCUT2D eigenvalue weighted by atomic mass is 9.79. The Morgan fingerprint density at radius 1 is 0.431 bits per heavy atom. The van der Waals surface area contributed by atoms with Gasteiger partial charge >= 0.3 is 17.9 Å². The molecule has 58 heavy (non-hydrogen) atoms. The summed E-state index contributed by atoms with van der Waals surface area (Å²) in [6.45, 7) is 26.2. The summed E-state index contributed by atoms with van der Waals surface area (Å²) in [7, 11) is 0. The SMILES string of the molecule is CC(C)(C)c1cc(C(=O)O)c(O)c(C(C)(C)C)c1.CC(C)(C)c1cc(C(=O)O)c(O)c(C(C)(C)C)c1.CCCCCCCCCCCCCCCCCC(=O)O.[Al].[Al]. The van der Waals surface area contributed by atoms with E-state index < -0.39 is 17.9 Å². The molecule has 0 amide bonds. The lowest BCUT2D eigenvalue weighted by molar-refractivity contribution is -0.137. The topological polar surface area (TPSA) is 152 Å². The molecular weight excluding hydrogens is 758 g/mol. The number of hydrogen-bond acceptors (Lipinski definition) is 5. The van der Waals surface area contributed by atoms with Crippen molar-refractivity contribution < 1.29 is 39.9 Å². The van der Waals surface area contributed by atoms with E-state index in [1.54, 1.807) is 12.1 Å². The summed E-state index contributed by atoms with van der Waals surface area (Å²) in [5.74, 6) is -3.08. The van der Waals surface area contributed by atoms with Gasteiger partial charge in [0.05, 0.1) is 0 Å². The maximum Gasteiger partial charge on any atom is 0.339 e. The molecule has 0 aliphatic carbocycles. The molecule has 326 valence electrons. The van der Waals surface area contributed by atoms with E-state index in [1.807, 2.05) is 95.2 Å². The molecule has 8 nitrogen and oxygen atoms in total. The third-order valence-electron chi connectivity index (χ3n) is 10.0. The zero-order valence-corrected chi connectivity index (χ0v) is 41.0. The summed E-state index contributed by atoms with van der Waals surface area (Å²) >= 11 is 0. The van der Waals surface area contributed by atoms with Crippen molar-refractivity contribution in [3.8, 4) is 11.5 Å². The van der Waals surface area contributed by atoms with Crippen LogP contribution < -0.4 is 0 Å². The van der Waals surface area contributed by atoms with Gasteiger partial charge in [-0.3, -0.25) is 4.79 Å². The number of unbranched alkanes of at least 4 members (excludes halogenated alkanes) is 14. The van der Waals surface area contributed by atoms with Crippen molar-refractivity contribution in [1.29, 1.82) is 0 Å². The second-order valence-corrected chi connectivity index (χ2v) is 19.5. The van der Waals surface area contributed by atoms with Crippen molar-refractivity contribution in [3.63, 3.8) is 0 Å². The Hall–Kier alpha value is -2.49. The number of benzene rings is 2. The lowest BCUT2D eigenvalue weighted by Crippen LogP contribution is -2.18. The van der Waals surface area contributed by atoms with Gasteiger partial charge < -0.3 is 25.5 Å². The first-order valence-corrected chi connectivity index (χ1v) is 21.1. The third kappa shape index (κ3) is 23.9. The first-order valence-electron chi connectivity index (χ1n) is 21.1. The average molecular weight is 839 g/mol. The molecule has 0 fully saturated rings. The number of carboxylic acid groups (broad SMARTS) is 3. The van der Waals surface area contributed by atoms with Gasteiger partial charge in [0.15, 0.2) is 0 Å². The highest BCUT2D eigenvalue weighted by Crippen LogP contribution is 2.39. The molecule has 2 aromatic carbocycles. The van der Waals surface area contributed by atoms with Crippen LogP contribution in [-0.4, -0.2) is 78.2 Å². The summed E-state index contributed by atoms with van der Waals surface area (Å²) < 4.78 is 0. The second kappa shape index (κ2) is 28.1. The number of hydrogen-bond donors (Lipinski definition) is 5. The van der Waals surface area contributed by atoms with E-state index in [-0.39, 0.29) is 79.0 Å². The molecule has 2 aromatic rings. The van der Waals surface area contributed by atoms with Crippen molar-refractivity contribution in [2.24, 2.45) is 0 Å². The van der Waals surface area contributed by atoms with Gasteiger partial charge in [0.25, 0.3) is 0 Å². The van der Waals surface area contributed by atoms with Gasteiger partial charge in [0.1, 0.15) is 22.6 Å². The first kappa shape index (κ1) is 59.8. The van der Waals surface area contributed by atoms with Crippen LogP contribution in [0, 0.1) is 0 Å². The molecule has 2 rings (SSSR count). The Labute approximate surface area is 374 Å². The normalized spacial score (nSPS) is 11.5. The van der Waals surface area contributed by atoms with Crippen LogP contribution in [0.15, 0.2) is 24.3 Å². The number of carboxylic acids is 3. The van der Waals surface area contributed by atoms with Crippen LogP contribution in [0.3, 0.4) is 0 Å². The maximum atomic E-state index is 11.2. The number of rotatable bonds is 18. The van der Waals surface area contributed by atoms with E-state index in [0.717, 1.165) is 24.0 Å². The van der Waals surface area contributed by atoms with Gasteiger partial charge in [-0.25, -0.2) is 9.59 Å². The van der Waals surface area contributed by atoms with E-state index >= 15 is 0 Å². The molecule has 0 aliphatic rings. The zero-order valence-electron chi connectivity index (χ0n) is 38.7. The molecule has 0 heterocycles. The van der Waals surface area contributed by atoms with Gasteiger partial charge in [-0.05, 0) is 51.3 Å². The summed E-state index contributed by atoms with van der Waals surface area (Å²) in [5, 5.41) is 47.1. The fourth-order valence-corrected chi connectivity index (χ4v) is 6.25. The van der Waals surface area contributed by atoms with Crippen molar-refractivity contribution in [2.75, 3.05) is 0 Å². The fraction of sp³-hybridized carbons (Fsp3) is 0.688. The third-order valence-corrected chi connectivity index (χ3v) is 10.0. The van der Waals surface area contributed by atoms with Crippen LogP contribution >= 0.6 is 0 Å². The Morgan fingerprint density at radius 2 is 0.690 bits per heavy atom. The van der Waals surface area contributed by atoms with Crippen LogP contribution in [0.2, 0.25) is 0 Å². The summed E-state index contributed by atoms with van der Waals surface area (Å²) in [6.07, 6.45) is 20.2. The van der Waals surface area contributed by atoms with E-state index in [9.17, 15) is 34.8 Å². The van der Waals surface area contributed by atoms with Crippen LogP contribution in [0.1, 0.15) is 236 Å². The number of phenols is 2. The predicted molar refractivity (Wildman–Crippen MR) is 244 cm³/mol. The molecule has 0 aliphatic heterocycles. The molecule has 10 heteroatoms. The fourth-order valence-electron chi connectivity index (χ4n) is 6.25. The van der Waals surface area contributed by atoms with Gasteiger partial charge in [-0.2, -0.15) is 0 Å². The van der Waals surface area contributed by atoms with E-state index in [1.165, 1.54) is 83.5 Å². The van der Waals surface area contributed by atoms with Crippen molar-refractivity contribution in [3.05, 3.63) is 57.6 Å². The molecule has 0 aromatic heterocycles. The largest absolute Gasteiger partial charge is 0.507 e. The van der Waals surface area contributed by atoms with Gasteiger partial charge in [-0.15, -0.1) is 0 Å². The first-order chi connectivity index (χ1) is 25.7. The zero-order chi connectivity index (χ0) is 43.5. The number of carbonyl (C=O) groups is 3. The number of aromatic hydroxyl groups is 2. The van der Waals surface area contributed by atoms with Crippen LogP contribution in [0.4, 0.5) is 0 Å². The minimum absolute atomic E-state index is 0. The summed E-state index contributed by atoms with van der Waals surface area (Å²) in [5.41, 5.74) is 2.24. The molecule has 5 N–H and O–H groups in total. The maximum absolute atomic E-state index is 11.2. The highest BCUT2D eigenvalue weighted by atomic mass is 27.0. The van der Waals surface area contributed by atoms with E-state index in [4.69, 9.17) is 5.11 Å². The minimum atomic E-state index is -1.09. The number of aliphatic carboxylic acids is 1. The predicted octanol–water partition coefficient (Wildman–Crippen LogP) is 12.9. The van der Waals surface area contributed by atoms with Gasteiger partial charge in [0.2, 0.25) is 0 Å². The molecule has 6 radical (unpaired) electrons. The van der Waals surface area contributed by atoms with Crippen LogP contribution in [-0.2, 0) is 26.5 Å². The summed E-state index contributed by atoms with van der Waals surface area (Å²) in [4.78, 5) is 32.8. The van der Waals surface area contributed by atoms with Crippen molar-refractivity contribution in [1.82, 2.24) is 0 Å². The molecule has 0 saturated carbocycles. The minimum Gasteiger partial charge on any atom is -0.507 e. The quantitative estimate of drug-likeness (QED) is 0.0735. The Balaban J connectivity index is -0.000000770. The Kier molecular flexibility index (Phi) is 29.0. The van der Waals surface area contributed by atoms with Crippen molar-refractivity contribution >= 4 is 52.6 Å². The molecular formula is C48H80Al2O8. The average Bonchev–Trinajstić information content (AvgIpc) is 3.04. The van der Waals surface area contributed by atoms with Crippen LogP contribution in [0.25, 0.3) is 0 Å². The van der Waals surface area contributed by atoms with Crippen LogP contribution in [0.5, 0.6) is 11.5 Å². The lowest BCUT2D eigenvalue weighted by Gasteiger charge is -2.26. The summed E-state index contributed by atoms with van der Waals surface area (Å²) in [6, 6.07) is 6.93. The monoisotopic (exact) mass is 839 g/mol. The highest BCUT2D eigenvalue weighted by Gasteiger charge is 2.28. The Morgan fingerprint density at radius 3 is 0.897 bits per heavy atom.